The predicted octanol–water partition coefficient (Wildman–Crippen LogP) is 3.34. The molecule has 3 atom stereocenters. The minimum Gasteiger partial charge on any atom is -0.380 e. The molecule has 19 heavy (non-hydrogen) atoms. The average molecular weight is 257 g/mol. The van der Waals surface area contributed by atoms with Crippen molar-refractivity contribution in [3.8, 4) is 0 Å². The summed E-state index contributed by atoms with van der Waals surface area (Å²) in [7, 11) is 0. The predicted molar refractivity (Wildman–Crippen MR) is 78.7 cm³/mol. The second kappa shape index (κ2) is 4.39. The van der Waals surface area contributed by atoms with Crippen LogP contribution >= 0.6 is 0 Å². The maximum Gasteiger partial charge on any atom is 0.152 e. The van der Waals surface area contributed by atoms with E-state index in [2.05, 4.69) is 23.2 Å². The molecule has 3 unspecified atom stereocenters. The molecular formula is C16H23N3. The van der Waals surface area contributed by atoms with E-state index in [0.29, 0.717) is 6.04 Å². The molecule has 0 spiro atoms. The fraction of sp³-hybridized carbons (Fsp3) is 0.688. The van der Waals surface area contributed by atoms with Gasteiger partial charge >= 0.3 is 0 Å². The van der Waals surface area contributed by atoms with Gasteiger partial charge in [-0.2, -0.15) is 0 Å². The molecule has 0 amide bonds. The smallest absolute Gasteiger partial charge is 0.152 e. The van der Waals surface area contributed by atoms with Crippen molar-refractivity contribution in [3.63, 3.8) is 0 Å². The first-order chi connectivity index (χ1) is 9.33. The van der Waals surface area contributed by atoms with Gasteiger partial charge in [0.25, 0.3) is 0 Å². The highest BCUT2D eigenvalue weighted by Crippen LogP contribution is 2.43. The summed E-state index contributed by atoms with van der Waals surface area (Å²) in [5.41, 5.74) is 2.50. The Labute approximate surface area is 115 Å². The van der Waals surface area contributed by atoms with Crippen LogP contribution in [0.15, 0.2) is 12.3 Å². The fourth-order valence-electron chi connectivity index (χ4n) is 4.36. The zero-order valence-electron chi connectivity index (χ0n) is 11.7. The first kappa shape index (κ1) is 11.6. The number of pyridine rings is 1. The molecule has 3 heteroatoms. The van der Waals surface area contributed by atoms with E-state index < -0.39 is 0 Å². The number of aromatic nitrogens is 1. The molecule has 2 fully saturated rings. The van der Waals surface area contributed by atoms with E-state index in [4.69, 9.17) is 4.98 Å². The van der Waals surface area contributed by atoms with Crippen LogP contribution in [0.4, 0.5) is 11.5 Å². The van der Waals surface area contributed by atoms with Gasteiger partial charge in [0.2, 0.25) is 0 Å². The Bertz CT molecular complexity index is 485. The van der Waals surface area contributed by atoms with E-state index in [1.165, 1.54) is 55.6 Å². The molecule has 102 valence electrons. The van der Waals surface area contributed by atoms with Gasteiger partial charge < -0.3 is 10.2 Å². The van der Waals surface area contributed by atoms with Gasteiger partial charge in [0, 0.05) is 24.8 Å². The van der Waals surface area contributed by atoms with Gasteiger partial charge in [-0.1, -0.05) is 12.8 Å². The summed E-state index contributed by atoms with van der Waals surface area (Å²) in [5.74, 6) is 2.14. The molecule has 3 heterocycles. The number of anilines is 2. The Kier molecular flexibility index (Phi) is 2.68. The molecule has 1 saturated heterocycles. The Balaban J connectivity index is 1.74. The number of aryl methyl sites for hydroxylation is 1. The van der Waals surface area contributed by atoms with Crippen molar-refractivity contribution < 1.29 is 0 Å². The molecule has 0 aromatic carbocycles. The third kappa shape index (κ3) is 1.82. The lowest BCUT2D eigenvalue weighted by molar-refractivity contribution is 0.214. The summed E-state index contributed by atoms with van der Waals surface area (Å²) in [4.78, 5) is 7.44. The van der Waals surface area contributed by atoms with Crippen LogP contribution in [0.1, 0.15) is 44.1 Å². The minimum atomic E-state index is 0.669. The van der Waals surface area contributed by atoms with Crippen molar-refractivity contribution in [3.05, 3.63) is 17.8 Å². The molecule has 1 aliphatic carbocycles. The van der Waals surface area contributed by atoms with Gasteiger partial charge in [0.15, 0.2) is 5.82 Å². The molecular weight excluding hydrogens is 234 g/mol. The Hall–Kier alpha value is -1.25. The molecule has 1 N–H and O–H groups in total. The molecule has 2 aliphatic heterocycles. The number of hydrogen-bond acceptors (Lipinski definition) is 3. The van der Waals surface area contributed by atoms with E-state index >= 15 is 0 Å². The van der Waals surface area contributed by atoms with E-state index in [1.54, 1.807) is 0 Å². The average Bonchev–Trinajstić information content (AvgIpc) is 2.46. The molecule has 1 aromatic heterocycles. The Morgan fingerprint density at radius 1 is 1.21 bits per heavy atom. The number of nitrogens with zero attached hydrogens (tertiary/aromatic N) is 2. The molecule has 3 aliphatic rings. The van der Waals surface area contributed by atoms with Crippen LogP contribution < -0.4 is 10.2 Å². The van der Waals surface area contributed by atoms with Crippen molar-refractivity contribution in [2.24, 2.45) is 5.92 Å². The number of rotatable bonds is 0. The van der Waals surface area contributed by atoms with Gasteiger partial charge in [0.05, 0.1) is 5.69 Å². The lowest BCUT2D eigenvalue weighted by atomic mass is 9.76. The van der Waals surface area contributed by atoms with Crippen molar-refractivity contribution in [2.45, 2.75) is 57.5 Å². The maximum atomic E-state index is 4.76. The first-order valence-electron chi connectivity index (χ1n) is 7.82. The third-order valence-corrected chi connectivity index (χ3v) is 5.27. The topological polar surface area (TPSA) is 28.2 Å². The Morgan fingerprint density at radius 2 is 2.11 bits per heavy atom. The molecule has 4 rings (SSSR count). The highest BCUT2D eigenvalue weighted by Gasteiger charge is 2.41. The summed E-state index contributed by atoms with van der Waals surface area (Å²) in [6.07, 6.45) is 10.4. The Morgan fingerprint density at radius 3 is 3.05 bits per heavy atom. The van der Waals surface area contributed by atoms with Crippen molar-refractivity contribution in [1.82, 2.24) is 4.98 Å². The number of piperidine rings is 1. The van der Waals surface area contributed by atoms with Crippen LogP contribution in [0.3, 0.4) is 0 Å². The van der Waals surface area contributed by atoms with Crippen LogP contribution in [-0.4, -0.2) is 23.6 Å². The first-order valence-corrected chi connectivity index (χ1v) is 7.82. The van der Waals surface area contributed by atoms with Gasteiger partial charge in [-0.25, -0.2) is 4.98 Å². The maximum absolute atomic E-state index is 4.76. The van der Waals surface area contributed by atoms with Crippen molar-refractivity contribution >= 4 is 11.5 Å². The molecule has 0 bridgehead atoms. The van der Waals surface area contributed by atoms with E-state index in [1.807, 2.05) is 6.20 Å². The van der Waals surface area contributed by atoms with Gasteiger partial charge in [-0.05, 0) is 50.2 Å². The van der Waals surface area contributed by atoms with Gasteiger partial charge in [-0.3, -0.25) is 0 Å². The highest BCUT2D eigenvalue weighted by molar-refractivity contribution is 5.70. The van der Waals surface area contributed by atoms with Gasteiger partial charge in [-0.15, -0.1) is 0 Å². The highest BCUT2D eigenvalue weighted by atomic mass is 15.3. The van der Waals surface area contributed by atoms with Gasteiger partial charge in [0.1, 0.15) is 0 Å². The second-order valence-corrected chi connectivity index (χ2v) is 6.52. The molecule has 3 nitrogen and oxygen atoms in total. The standard InChI is InChI=1S/C16H23N3/c1-11-8-14-16(18-9-11)19-13(10-17-14)7-6-12-4-2-3-5-15(12)19/h8-9,12-13,15,17H,2-7,10H2,1H3. The van der Waals surface area contributed by atoms with E-state index in [-0.39, 0.29) is 0 Å². The summed E-state index contributed by atoms with van der Waals surface area (Å²) >= 11 is 0. The summed E-state index contributed by atoms with van der Waals surface area (Å²) < 4.78 is 0. The van der Waals surface area contributed by atoms with Crippen LogP contribution in [-0.2, 0) is 0 Å². The fourth-order valence-corrected chi connectivity index (χ4v) is 4.36. The zero-order chi connectivity index (χ0) is 12.8. The number of nitrogens with one attached hydrogen (secondary N) is 1. The van der Waals surface area contributed by atoms with Crippen molar-refractivity contribution in [2.75, 3.05) is 16.8 Å². The monoisotopic (exact) mass is 257 g/mol. The number of fused-ring (bicyclic) bond motifs is 5. The van der Waals surface area contributed by atoms with Crippen LogP contribution in [0, 0.1) is 12.8 Å². The summed E-state index contributed by atoms with van der Waals surface area (Å²) in [6.45, 7) is 3.22. The van der Waals surface area contributed by atoms with Crippen LogP contribution in [0.2, 0.25) is 0 Å². The minimum absolute atomic E-state index is 0.669. The zero-order valence-corrected chi connectivity index (χ0v) is 11.7. The molecule has 1 saturated carbocycles. The largest absolute Gasteiger partial charge is 0.380 e. The second-order valence-electron chi connectivity index (χ2n) is 6.52. The quantitative estimate of drug-likeness (QED) is 0.772. The molecule has 1 aromatic rings. The summed E-state index contributed by atoms with van der Waals surface area (Å²) in [6, 6.07) is 3.68. The summed E-state index contributed by atoms with van der Waals surface area (Å²) in [5, 5.41) is 3.59. The van der Waals surface area contributed by atoms with Crippen molar-refractivity contribution in [1.29, 1.82) is 0 Å². The van der Waals surface area contributed by atoms with E-state index in [0.717, 1.165) is 18.5 Å². The lowest BCUT2D eigenvalue weighted by Gasteiger charge is -2.51. The normalized spacial score (nSPS) is 32.9. The lowest BCUT2D eigenvalue weighted by Crippen LogP contribution is -2.57. The molecule has 0 radical (unpaired) electrons. The number of hydrogen-bond donors (Lipinski definition) is 1. The third-order valence-electron chi connectivity index (χ3n) is 5.27. The SMILES string of the molecule is Cc1cnc2c(c1)NCC1CCC3CCCCC3N21. The van der Waals surface area contributed by atoms with Crippen LogP contribution in [0.5, 0.6) is 0 Å². The van der Waals surface area contributed by atoms with E-state index in [9.17, 15) is 0 Å². The van der Waals surface area contributed by atoms with Crippen LogP contribution in [0.25, 0.3) is 0 Å².